The van der Waals surface area contributed by atoms with Crippen LogP contribution in [0, 0.1) is 5.41 Å². The summed E-state index contributed by atoms with van der Waals surface area (Å²) in [4.78, 5) is 0. The number of rotatable bonds is 4. The Bertz CT molecular complexity index is 173. The van der Waals surface area contributed by atoms with E-state index >= 15 is 0 Å². The lowest BCUT2D eigenvalue weighted by atomic mass is 9.88. The number of thioether (sulfide) groups is 1. The molecule has 1 saturated heterocycles. The van der Waals surface area contributed by atoms with Crippen LogP contribution in [0.25, 0.3) is 0 Å². The van der Waals surface area contributed by atoms with Crippen LogP contribution in [0.1, 0.15) is 40.0 Å². The van der Waals surface area contributed by atoms with Crippen LogP contribution >= 0.6 is 11.8 Å². The maximum atomic E-state index is 9.35. The lowest BCUT2D eigenvalue weighted by Crippen LogP contribution is -2.44. The average molecular weight is 231 g/mol. The molecule has 0 aromatic rings. The van der Waals surface area contributed by atoms with Crippen LogP contribution in [0.3, 0.4) is 0 Å². The summed E-state index contributed by atoms with van der Waals surface area (Å²) in [5.41, 5.74) is 0.295. The molecule has 0 aromatic carbocycles. The van der Waals surface area contributed by atoms with E-state index in [0.29, 0.717) is 11.5 Å². The fraction of sp³-hybridized carbons (Fsp3) is 1.00. The molecule has 1 aliphatic heterocycles. The minimum absolute atomic E-state index is 0.265. The van der Waals surface area contributed by atoms with Crippen LogP contribution in [0.5, 0.6) is 0 Å². The molecule has 2 nitrogen and oxygen atoms in total. The molecule has 15 heavy (non-hydrogen) atoms. The van der Waals surface area contributed by atoms with Crippen LogP contribution < -0.4 is 5.32 Å². The van der Waals surface area contributed by atoms with Crippen molar-refractivity contribution in [1.29, 1.82) is 0 Å². The van der Waals surface area contributed by atoms with Gasteiger partial charge in [0.2, 0.25) is 0 Å². The van der Waals surface area contributed by atoms with Crippen LogP contribution in [0.2, 0.25) is 0 Å². The summed E-state index contributed by atoms with van der Waals surface area (Å²) in [5.74, 6) is 2.54. The molecule has 1 aliphatic rings. The predicted octanol–water partition coefficient (Wildman–Crippen LogP) is 2.27. The SMILES string of the molecule is CC(C)(C)CC(CO)NC1CCSCC1. The number of aliphatic hydroxyl groups is 1. The highest BCUT2D eigenvalue weighted by Crippen LogP contribution is 2.23. The van der Waals surface area contributed by atoms with Crippen molar-refractivity contribution < 1.29 is 5.11 Å². The molecule has 1 rings (SSSR count). The molecule has 1 heterocycles. The van der Waals surface area contributed by atoms with Crippen molar-refractivity contribution in [2.75, 3.05) is 18.1 Å². The van der Waals surface area contributed by atoms with Crippen LogP contribution in [0.15, 0.2) is 0 Å². The minimum Gasteiger partial charge on any atom is -0.395 e. The molecular weight excluding hydrogens is 206 g/mol. The van der Waals surface area contributed by atoms with E-state index in [2.05, 4.69) is 26.1 Å². The Balaban J connectivity index is 2.31. The third-order valence-corrected chi connectivity index (χ3v) is 3.82. The molecule has 1 atom stereocenters. The monoisotopic (exact) mass is 231 g/mol. The van der Waals surface area contributed by atoms with Gasteiger partial charge in [-0.1, -0.05) is 20.8 Å². The molecule has 0 aromatic heterocycles. The first-order valence-corrected chi connectivity index (χ1v) is 7.11. The maximum absolute atomic E-state index is 9.35. The standard InChI is InChI=1S/C12H25NOS/c1-12(2,3)8-11(9-14)13-10-4-6-15-7-5-10/h10-11,13-14H,4-9H2,1-3H3. The Kier molecular flexibility index (Phi) is 5.44. The predicted molar refractivity (Wildman–Crippen MR) is 68.4 cm³/mol. The van der Waals surface area contributed by atoms with Gasteiger partial charge < -0.3 is 10.4 Å². The summed E-state index contributed by atoms with van der Waals surface area (Å²) in [5, 5.41) is 13.0. The maximum Gasteiger partial charge on any atom is 0.0584 e. The highest BCUT2D eigenvalue weighted by atomic mass is 32.2. The van der Waals surface area contributed by atoms with Gasteiger partial charge >= 0.3 is 0 Å². The molecule has 2 N–H and O–H groups in total. The zero-order valence-electron chi connectivity index (χ0n) is 10.3. The first kappa shape index (κ1) is 13.3. The molecule has 0 amide bonds. The second-order valence-electron chi connectivity index (χ2n) is 5.70. The summed E-state index contributed by atoms with van der Waals surface area (Å²) in [7, 11) is 0. The Morgan fingerprint density at radius 1 is 1.33 bits per heavy atom. The molecule has 3 heteroatoms. The first-order valence-electron chi connectivity index (χ1n) is 5.96. The summed E-state index contributed by atoms with van der Waals surface area (Å²) < 4.78 is 0. The highest BCUT2D eigenvalue weighted by Gasteiger charge is 2.22. The normalized spacial score (nSPS) is 21.6. The molecule has 0 spiro atoms. The zero-order valence-corrected chi connectivity index (χ0v) is 11.1. The number of hydrogen-bond donors (Lipinski definition) is 2. The number of hydrogen-bond acceptors (Lipinski definition) is 3. The molecule has 1 unspecified atom stereocenters. The molecular formula is C12H25NOS. The summed E-state index contributed by atoms with van der Waals surface area (Å²) in [6, 6.07) is 0.906. The van der Waals surface area contributed by atoms with Gasteiger partial charge in [-0.15, -0.1) is 0 Å². The van der Waals surface area contributed by atoms with Crippen LogP contribution in [0.4, 0.5) is 0 Å². The largest absolute Gasteiger partial charge is 0.395 e. The van der Waals surface area contributed by atoms with Gasteiger partial charge in [-0.3, -0.25) is 0 Å². The van der Waals surface area contributed by atoms with Crippen molar-refractivity contribution >= 4 is 11.8 Å². The summed E-state index contributed by atoms with van der Waals surface area (Å²) >= 11 is 2.04. The average Bonchev–Trinajstić information content (AvgIpc) is 2.16. The van der Waals surface area contributed by atoms with Gasteiger partial charge in [0.05, 0.1) is 6.61 Å². The molecule has 0 saturated carbocycles. The van der Waals surface area contributed by atoms with Gasteiger partial charge in [-0.05, 0) is 36.2 Å². The first-order chi connectivity index (χ1) is 7.01. The summed E-state index contributed by atoms with van der Waals surface area (Å²) in [6.07, 6.45) is 3.56. The topological polar surface area (TPSA) is 32.3 Å². The molecule has 1 fully saturated rings. The summed E-state index contributed by atoms with van der Waals surface area (Å²) in [6.45, 7) is 6.96. The van der Waals surface area contributed by atoms with Crippen molar-refractivity contribution in [3.63, 3.8) is 0 Å². The fourth-order valence-corrected chi connectivity index (χ4v) is 3.22. The Hall–Kier alpha value is 0.270. The van der Waals surface area contributed by atoms with Crippen LogP contribution in [-0.2, 0) is 0 Å². The Labute approximate surface area is 98.2 Å². The minimum atomic E-state index is 0.265. The van der Waals surface area contributed by atoms with Gasteiger partial charge in [0.1, 0.15) is 0 Å². The van der Waals surface area contributed by atoms with E-state index in [1.807, 2.05) is 11.8 Å². The quantitative estimate of drug-likeness (QED) is 0.778. The van der Waals surface area contributed by atoms with E-state index in [1.54, 1.807) is 0 Å². The third-order valence-electron chi connectivity index (χ3n) is 2.77. The zero-order chi connectivity index (χ0) is 11.3. The van der Waals surface area contributed by atoms with E-state index in [1.165, 1.54) is 24.3 Å². The Morgan fingerprint density at radius 3 is 2.40 bits per heavy atom. The van der Waals surface area contributed by atoms with E-state index in [9.17, 15) is 5.11 Å². The van der Waals surface area contributed by atoms with Gasteiger partial charge in [-0.25, -0.2) is 0 Å². The van der Waals surface area contributed by atoms with Gasteiger partial charge in [0, 0.05) is 12.1 Å². The van der Waals surface area contributed by atoms with E-state index < -0.39 is 0 Å². The van der Waals surface area contributed by atoms with Gasteiger partial charge in [0.25, 0.3) is 0 Å². The van der Waals surface area contributed by atoms with E-state index in [-0.39, 0.29) is 12.6 Å². The number of nitrogens with one attached hydrogen (secondary N) is 1. The van der Waals surface area contributed by atoms with Crippen molar-refractivity contribution in [1.82, 2.24) is 5.32 Å². The lowest BCUT2D eigenvalue weighted by Gasteiger charge is -2.31. The van der Waals surface area contributed by atoms with Crippen molar-refractivity contribution in [2.45, 2.75) is 52.1 Å². The van der Waals surface area contributed by atoms with E-state index in [0.717, 1.165) is 6.42 Å². The number of aliphatic hydroxyl groups excluding tert-OH is 1. The highest BCUT2D eigenvalue weighted by molar-refractivity contribution is 7.99. The molecule has 0 aliphatic carbocycles. The molecule has 0 radical (unpaired) electrons. The smallest absolute Gasteiger partial charge is 0.0584 e. The molecule has 90 valence electrons. The lowest BCUT2D eigenvalue weighted by molar-refractivity contribution is 0.186. The second kappa shape index (κ2) is 6.12. The van der Waals surface area contributed by atoms with E-state index in [4.69, 9.17) is 0 Å². The third kappa shape index (κ3) is 5.79. The van der Waals surface area contributed by atoms with Crippen molar-refractivity contribution in [2.24, 2.45) is 5.41 Å². The van der Waals surface area contributed by atoms with Crippen molar-refractivity contribution in [3.05, 3.63) is 0 Å². The Morgan fingerprint density at radius 2 is 1.93 bits per heavy atom. The van der Waals surface area contributed by atoms with Crippen LogP contribution in [-0.4, -0.2) is 35.3 Å². The molecule has 0 bridgehead atoms. The van der Waals surface area contributed by atoms with Gasteiger partial charge in [0.15, 0.2) is 0 Å². The van der Waals surface area contributed by atoms with Gasteiger partial charge in [-0.2, -0.15) is 11.8 Å². The van der Waals surface area contributed by atoms with Crippen molar-refractivity contribution in [3.8, 4) is 0 Å². The second-order valence-corrected chi connectivity index (χ2v) is 6.92. The fourth-order valence-electron chi connectivity index (χ4n) is 2.11.